The number of hydrogen-bond acceptors (Lipinski definition) is 6. The van der Waals surface area contributed by atoms with E-state index in [1.54, 1.807) is 18.3 Å². The summed E-state index contributed by atoms with van der Waals surface area (Å²) in [6, 6.07) is 12.8. The first kappa shape index (κ1) is 21.8. The molecule has 0 atom stereocenters. The largest absolute Gasteiger partial charge is 0.350 e. The third-order valence-corrected chi connectivity index (χ3v) is 5.70. The van der Waals surface area contributed by atoms with Gasteiger partial charge in [-0.2, -0.15) is 0 Å². The first-order chi connectivity index (χ1) is 15.4. The molecule has 4 aromatic rings. The Kier molecular flexibility index (Phi) is 6.09. The number of benzene rings is 1. The maximum Gasteiger partial charge on any atom is 0.350 e. The Morgan fingerprint density at radius 2 is 1.97 bits per heavy atom. The Hall–Kier alpha value is -3.46. The van der Waals surface area contributed by atoms with E-state index in [4.69, 9.17) is 0 Å². The zero-order valence-electron chi connectivity index (χ0n) is 18.4. The van der Waals surface area contributed by atoms with Crippen molar-refractivity contribution in [3.63, 3.8) is 0 Å². The second-order valence-corrected chi connectivity index (χ2v) is 8.52. The van der Waals surface area contributed by atoms with Crippen LogP contribution in [-0.2, 0) is 6.54 Å². The molecule has 3 aromatic heterocycles. The fourth-order valence-electron chi connectivity index (χ4n) is 3.42. The van der Waals surface area contributed by atoms with Crippen molar-refractivity contribution in [2.75, 3.05) is 11.6 Å². The van der Waals surface area contributed by atoms with E-state index in [-0.39, 0.29) is 17.5 Å². The van der Waals surface area contributed by atoms with Crippen molar-refractivity contribution >= 4 is 29.0 Å². The van der Waals surface area contributed by atoms with Gasteiger partial charge in [-0.15, -0.1) is 16.9 Å². The molecule has 0 radical (unpaired) electrons. The number of hydrogen-bond donors (Lipinski definition) is 1. The highest BCUT2D eigenvalue weighted by atomic mass is 32.2. The van der Waals surface area contributed by atoms with Gasteiger partial charge in [0.15, 0.2) is 5.65 Å². The molecule has 3 heterocycles. The van der Waals surface area contributed by atoms with E-state index < -0.39 is 0 Å². The van der Waals surface area contributed by atoms with E-state index in [0.717, 1.165) is 11.4 Å². The lowest BCUT2D eigenvalue weighted by Crippen LogP contribution is -2.21. The number of pyridine rings is 1. The fraction of sp³-hybridized carbons (Fsp3) is 0.261. The number of fused-ring (bicyclic) bond motifs is 1. The van der Waals surface area contributed by atoms with Crippen molar-refractivity contribution in [1.82, 2.24) is 24.1 Å². The lowest BCUT2D eigenvalue weighted by atomic mass is 10.1. The highest BCUT2D eigenvalue weighted by Crippen LogP contribution is 2.24. The Balaban J connectivity index is 1.58. The van der Waals surface area contributed by atoms with Crippen LogP contribution in [0.3, 0.4) is 0 Å². The van der Waals surface area contributed by atoms with Crippen molar-refractivity contribution < 1.29 is 4.79 Å². The average Bonchev–Trinajstić information content (AvgIpc) is 3.08. The van der Waals surface area contributed by atoms with E-state index >= 15 is 0 Å². The van der Waals surface area contributed by atoms with Crippen LogP contribution in [0.4, 0.5) is 5.69 Å². The molecule has 0 unspecified atom stereocenters. The second kappa shape index (κ2) is 8.96. The fourth-order valence-corrected chi connectivity index (χ4v) is 4.05. The summed E-state index contributed by atoms with van der Waals surface area (Å²) in [5.41, 5.74) is 2.98. The minimum absolute atomic E-state index is 0.177. The first-order valence-corrected chi connectivity index (χ1v) is 11.5. The number of carbonyl (C=O) groups is 1. The predicted octanol–water partition coefficient (Wildman–Crippen LogP) is 3.74. The first-order valence-electron chi connectivity index (χ1n) is 10.2. The van der Waals surface area contributed by atoms with E-state index in [0.29, 0.717) is 34.2 Å². The molecule has 8 nitrogen and oxygen atoms in total. The molecule has 0 spiro atoms. The van der Waals surface area contributed by atoms with Gasteiger partial charge in [0, 0.05) is 17.8 Å². The van der Waals surface area contributed by atoms with Crippen LogP contribution in [0.25, 0.3) is 5.65 Å². The smallest absolute Gasteiger partial charge is 0.322 e. The Labute approximate surface area is 189 Å². The number of thioether (sulfide) groups is 1. The average molecular weight is 449 g/mol. The summed E-state index contributed by atoms with van der Waals surface area (Å²) in [7, 11) is 0. The summed E-state index contributed by atoms with van der Waals surface area (Å²) in [6.07, 6.45) is 3.59. The van der Waals surface area contributed by atoms with Crippen LogP contribution >= 0.6 is 11.8 Å². The SMILES string of the molecule is CSc1nc(C(C)C)nc(C)c1C(=O)Nc1cccc(Cn2nc3ccccn3c2=O)c1. The molecule has 0 bridgehead atoms. The van der Waals surface area contributed by atoms with Crippen LogP contribution in [0.2, 0.25) is 0 Å². The molecule has 0 aliphatic rings. The number of rotatable bonds is 6. The van der Waals surface area contributed by atoms with Gasteiger partial charge in [0.05, 0.1) is 17.8 Å². The van der Waals surface area contributed by atoms with Crippen molar-refractivity contribution in [2.24, 2.45) is 0 Å². The topological polar surface area (TPSA) is 94.2 Å². The number of anilines is 1. The van der Waals surface area contributed by atoms with Crippen LogP contribution < -0.4 is 11.0 Å². The highest BCUT2D eigenvalue weighted by Gasteiger charge is 2.19. The summed E-state index contributed by atoms with van der Waals surface area (Å²) >= 11 is 1.43. The van der Waals surface area contributed by atoms with Crippen molar-refractivity contribution in [1.29, 1.82) is 0 Å². The summed E-state index contributed by atoms with van der Waals surface area (Å²) in [5, 5.41) is 7.97. The molecule has 32 heavy (non-hydrogen) atoms. The van der Waals surface area contributed by atoms with Gasteiger partial charge in [-0.25, -0.2) is 19.4 Å². The van der Waals surface area contributed by atoms with Gasteiger partial charge in [-0.05, 0) is 43.0 Å². The summed E-state index contributed by atoms with van der Waals surface area (Å²) in [6.45, 7) is 6.18. The van der Waals surface area contributed by atoms with Gasteiger partial charge < -0.3 is 5.32 Å². The minimum atomic E-state index is -0.260. The third-order valence-electron chi connectivity index (χ3n) is 5.02. The molecule has 164 valence electrons. The number of carbonyl (C=O) groups excluding carboxylic acids is 1. The molecule has 4 rings (SSSR count). The van der Waals surface area contributed by atoms with E-state index in [2.05, 4.69) is 20.4 Å². The van der Waals surface area contributed by atoms with Crippen LogP contribution in [0.5, 0.6) is 0 Å². The number of nitrogens with zero attached hydrogens (tertiary/aromatic N) is 5. The van der Waals surface area contributed by atoms with Gasteiger partial charge in [0.1, 0.15) is 10.9 Å². The standard InChI is InChI=1S/C23H24N6O2S/c1-14(2)20-24-15(3)19(22(26-20)32-4)21(30)25-17-9-7-8-16(12-17)13-29-23(31)28-11-6-5-10-18(28)27-29/h5-12,14H,13H2,1-4H3,(H,25,30). The maximum absolute atomic E-state index is 13.1. The minimum Gasteiger partial charge on any atom is -0.322 e. The number of aryl methyl sites for hydroxylation is 1. The van der Waals surface area contributed by atoms with Gasteiger partial charge >= 0.3 is 5.69 Å². The van der Waals surface area contributed by atoms with Crippen LogP contribution in [0.1, 0.15) is 47.2 Å². The van der Waals surface area contributed by atoms with Gasteiger partial charge in [0.25, 0.3) is 5.91 Å². The summed E-state index contributed by atoms with van der Waals surface area (Å²) in [4.78, 5) is 34.7. The van der Waals surface area contributed by atoms with Crippen molar-refractivity contribution in [3.05, 3.63) is 81.8 Å². The van der Waals surface area contributed by atoms with E-state index in [1.807, 2.05) is 57.4 Å². The number of nitrogens with one attached hydrogen (secondary N) is 1. The molecule has 9 heteroatoms. The lowest BCUT2D eigenvalue weighted by Gasteiger charge is -2.14. The van der Waals surface area contributed by atoms with Crippen molar-refractivity contribution in [2.45, 2.75) is 38.3 Å². The summed E-state index contributed by atoms with van der Waals surface area (Å²) < 4.78 is 2.91. The number of aromatic nitrogens is 5. The molecule has 0 aliphatic heterocycles. The zero-order valence-corrected chi connectivity index (χ0v) is 19.2. The van der Waals surface area contributed by atoms with Gasteiger partial charge in [-0.3, -0.25) is 9.20 Å². The monoisotopic (exact) mass is 448 g/mol. The summed E-state index contributed by atoms with van der Waals surface area (Å²) in [5.74, 6) is 0.643. The van der Waals surface area contributed by atoms with Crippen LogP contribution in [-0.4, -0.2) is 36.3 Å². The molecule has 0 fully saturated rings. The molecular weight excluding hydrogens is 424 g/mol. The van der Waals surface area contributed by atoms with Gasteiger partial charge in [0.2, 0.25) is 0 Å². The van der Waals surface area contributed by atoms with E-state index in [9.17, 15) is 9.59 Å². The predicted molar refractivity (Wildman–Crippen MR) is 126 cm³/mol. The normalized spacial score (nSPS) is 11.3. The third kappa shape index (κ3) is 4.29. The Bertz CT molecular complexity index is 1360. The molecular formula is C23H24N6O2S. The zero-order chi connectivity index (χ0) is 22.8. The van der Waals surface area contributed by atoms with E-state index in [1.165, 1.54) is 20.8 Å². The van der Waals surface area contributed by atoms with Crippen molar-refractivity contribution in [3.8, 4) is 0 Å². The van der Waals surface area contributed by atoms with Gasteiger partial charge in [-0.1, -0.05) is 32.0 Å². The maximum atomic E-state index is 13.1. The Morgan fingerprint density at radius 3 is 2.69 bits per heavy atom. The molecule has 1 N–H and O–H groups in total. The van der Waals surface area contributed by atoms with Crippen LogP contribution in [0.15, 0.2) is 58.5 Å². The second-order valence-electron chi connectivity index (χ2n) is 7.73. The molecule has 0 aliphatic carbocycles. The quantitative estimate of drug-likeness (QED) is 0.357. The van der Waals surface area contributed by atoms with Crippen LogP contribution in [0, 0.1) is 6.92 Å². The molecule has 1 aromatic carbocycles. The molecule has 0 saturated heterocycles. The molecule has 0 saturated carbocycles. The highest BCUT2D eigenvalue weighted by molar-refractivity contribution is 7.98. The molecule has 1 amide bonds. The Morgan fingerprint density at radius 1 is 1.16 bits per heavy atom. The number of amides is 1. The lowest BCUT2D eigenvalue weighted by molar-refractivity contribution is 0.102.